The molecular formula is C10H13N3O. The van der Waals surface area contributed by atoms with Gasteiger partial charge >= 0.3 is 0 Å². The molecule has 0 saturated carbocycles. The van der Waals surface area contributed by atoms with E-state index in [1.807, 2.05) is 36.1 Å². The molecule has 0 aliphatic heterocycles. The quantitative estimate of drug-likeness (QED) is 0.792. The van der Waals surface area contributed by atoms with E-state index in [1.54, 1.807) is 0 Å². The Morgan fingerprint density at radius 2 is 2.43 bits per heavy atom. The molecule has 0 aromatic carbocycles. The Hall–Kier alpha value is -1.55. The van der Waals surface area contributed by atoms with E-state index < -0.39 is 0 Å². The molecule has 0 amide bonds. The standard InChI is InChI=1S/C10H13N3O/c1-13-5-3-8(7-13)10-6-9(2-4-11)12-14-10/h3,5-7H,2,4,11H2,1H3. The maximum Gasteiger partial charge on any atom is 0.168 e. The molecule has 2 rings (SSSR count). The second-order valence-electron chi connectivity index (χ2n) is 3.29. The summed E-state index contributed by atoms with van der Waals surface area (Å²) in [4.78, 5) is 0. The lowest BCUT2D eigenvalue weighted by Gasteiger charge is -1.87. The number of aryl methyl sites for hydroxylation is 1. The summed E-state index contributed by atoms with van der Waals surface area (Å²) < 4.78 is 7.17. The first-order valence-electron chi connectivity index (χ1n) is 4.57. The van der Waals surface area contributed by atoms with Gasteiger partial charge in [0.1, 0.15) is 0 Å². The third kappa shape index (κ3) is 1.70. The minimum atomic E-state index is 0.598. The molecule has 0 aliphatic rings. The highest BCUT2D eigenvalue weighted by Crippen LogP contribution is 2.20. The molecule has 0 radical (unpaired) electrons. The van der Waals surface area contributed by atoms with Gasteiger partial charge in [0, 0.05) is 37.5 Å². The first-order chi connectivity index (χ1) is 6.79. The summed E-state index contributed by atoms with van der Waals surface area (Å²) in [6.45, 7) is 0.598. The zero-order valence-electron chi connectivity index (χ0n) is 8.10. The lowest BCUT2D eigenvalue weighted by atomic mass is 10.2. The van der Waals surface area contributed by atoms with E-state index in [-0.39, 0.29) is 0 Å². The SMILES string of the molecule is Cn1ccc(-c2cc(CCN)no2)c1. The van der Waals surface area contributed by atoms with Gasteiger partial charge in [-0.05, 0) is 12.6 Å². The van der Waals surface area contributed by atoms with Gasteiger partial charge in [0.25, 0.3) is 0 Å². The third-order valence-electron chi connectivity index (χ3n) is 2.08. The van der Waals surface area contributed by atoms with Crippen molar-refractivity contribution in [1.82, 2.24) is 9.72 Å². The first kappa shape index (κ1) is 9.02. The summed E-state index contributed by atoms with van der Waals surface area (Å²) in [5.41, 5.74) is 7.38. The van der Waals surface area contributed by atoms with E-state index in [0.717, 1.165) is 23.4 Å². The molecule has 4 nitrogen and oxygen atoms in total. The van der Waals surface area contributed by atoms with Gasteiger partial charge in [0.15, 0.2) is 5.76 Å². The molecule has 74 valence electrons. The summed E-state index contributed by atoms with van der Waals surface area (Å²) in [7, 11) is 1.97. The molecular weight excluding hydrogens is 178 g/mol. The van der Waals surface area contributed by atoms with E-state index in [0.29, 0.717) is 6.54 Å². The highest BCUT2D eigenvalue weighted by atomic mass is 16.5. The monoisotopic (exact) mass is 191 g/mol. The Morgan fingerprint density at radius 1 is 1.57 bits per heavy atom. The van der Waals surface area contributed by atoms with Gasteiger partial charge in [0.05, 0.1) is 5.69 Å². The number of aromatic nitrogens is 2. The minimum absolute atomic E-state index is 0.598. The Morgan fingerprint density at radius 3 is 3.07 bits per heavy atom. The smallest absolute Gasteiger partial charge is 0.168 e. The molecule has 0 spiro atoms. The van der Waals surface area contributed by atoms with Crippen LogP contribution in [0.25, 0.3) is 11.3 Å². The van der Waals surface area contributed by atoms with Crippen molar-refractivity contribution in [2.45, 2.75) is 6.42 Å². The fraction of sp³-hybridized carbons (Fsp3) is 0.300. The average Bonchev–Trinajstić information content (AvgIpc) is 2.74. The second-order valence-corrected chi connectivity index (χ2v) is 3.29. The van der Waals surface area contributed by atoms with Crippen LogP contribution in [0.3, 0.4) is 0 Å². The molecule has 0 aliphatic carbocycles. The Bertz CT molecular complexity index is 416. The van der Waals surface area contributed by atoms with Gasteiger partial charge in [-0.1, -0.05) is 5.16 Å². The average molecular weight is 191 g/mol. The van der Waals surface area contributed by atoms with Crippen molar-refractivity contribution < 1.29 is 4.52 Å². The number of hydrogen-bond donors (Lipinski definition) is 1. The minimum Gasteiger partial charge on any atom is -0.357 e. The predicted molar refractivity (Wildman–Crippen MR) is 53.7 cm³/mol. The summed E-state index contributed by atoms with van der Waals surface area (Å²) in [6.07, 6.45) is 4.73. The maximum atomic E-state index is 5.43. The topological polar surface area (TPSA) is 57.0 Å². The van der Waals surface area contributed by atoms with E-state index in [2.05, 4.69) is 5.16 Å². The van der Waals surface area contributed by atoms with E-state index >= 15 is 0 Å². The molecule has 0 fully saturated rings. The largest absolute Gasteiger partial charge is 0.357 e. The summed E-state index contributed by atoms with van der Waals surface area (Å²) in [5, 5.41) is 3.93. The van der Waals surface area contributed by atoms with Gasteiger partial charge in [-0.15, -0.1) is 0 Å². The van der Waals surface area contributed by atoms with Crippen LogP contribution in [0.15, 0.2) is 29.0 Å². The molecule has 0 unspecified atom stereocenters. The van der Waals surface area contributed by atoms with Crippen LogP contribution in [-0.2, 0) is 13.5 Å². The van der Waals surface area contributed by atoms with E-state index in [9.17, 15) is 0 Å². The molecule has 2 heterocycles. The van der Waals surface area contributed by atoms with Gasteiger partial charge in [0.2, 0.25) is 0 Å². The van der Waals surface area contributed by atoms with Crippen LogP contribution in [0.1, 0.15) is 5.69 Å². The van der Waals surface area contributed by atoms with Crippen LogP contribution in [0.5, 0.6) is 0 Å². The highest BCUT2D eigenvalue weighted by molar-refractivity contribution is 5.56. The van der Waals surface area contributed by atoms with Crippen molar-refractivity contribution in [1.29, 1.82) is 0 Å². The molecule has 0 atom stereocenters. The zero-order chi connectivity index (χ0) is 9.97. The fourth-order valence-corrected chi connectivity index (χ4v) is 1.36. The van der Waals surface area contributed by atoms with Crippen molar-refractivity contribution in [2.75, 3.05) is 6.54 Å². The van der Waals surface area contributed by atoms with Crippen LogP contribution in [0.2, 0.25) is 0 Å². The lowest BCUT2D eigenvalue weighted by molar-refractivity contribution is 0.423. The van der Waals surface area contributed by atoms with Crippen LogP contribution in [0.4, 0.5) is 0 Å². The van der Waals surface area contributed by atoms with Crippen molar-refractivity contribution in [3.63, 3.8) is 0 Å². The molecule has 14 heavy (non-hydrogen) atoms. The molecule has 0 bridgehead atoms. The predicted octanol–water partition coefficient (Wildman–Crippen LogP) is 1.18. The van der Waals surface area contributed by atoms with Crippen LogP contribution in [0, 0.1) is 0 Å². The summed E-state index contributed by atoms with van der Waals surface area (Å²) in [5.74, 6) is 0.800. The fourth-order valence-electron chi connectivity index (χ4n) is 1.36. The normalized spacial score (nSPS) is 10.7. The molecule has 2 N–H and O–H groups in total. The number of rotatable bonds is 3. The van der Waals surface area contributed by atoms with Crippen molar-refractivity contribution in [3.8, 4) is 11.3 Å². The van der Waals surface area contributed by atoms with Gasteiger partial charge in [-0.2, -0.15) is 0 Å². The Labute approximate surface area is 82.3 Å². The van der Waals surface area contributed by atoms with Gasteiger partial charge in [-0.25, -0.2) is 0 Å². The maximum absolute atomic E-state index is 5.43. The first-order valence-corrected chi connectivity index (χ1v) is 4.57. The molecule has 4 heteroatoms. The third-order valence-corrected chi connectivity index (χ3v) is 2.08. The van der Waals surface area contributed by atoms with Gasteiger partial charge < -0.3 is 14.8 Å². The highest BCUT2D eigenvalue weighted by Gasteiger charge is 2.06. The van der Waals surface area contributed by atoms with Crippen molar-refractivity contribution in [2.24, 2.45) is 12.8 Å². The second kappa shape index (κ2) is 3.67. The van der Waals surface area contributed by atoms with Crippen LogP contribution in [-0.4, -0.2) is 16.3 Å². The molecule has 2 aromatic rings. The number of nitrogens with zero attached hydrogens (tertiary/aromatic N) is 2. The molecule has 0 saturated heterocycles. The Kier molecular flexibility index (Phi) is 2.37. The zero-order valence-corrected chi connectivity index (χ0v) is 8.10. The van der Waals surface area contributed by atoms with Crippen LogP contribution >= 0.6 is 0 Å². The van der Waals surface area contributed by atoms with E-state index in [4.69, 9.17) is 10.3 Å². The summed E-state index contributed by atoms with van der Waals surface area (Å²) >= 11 is 0. The Balaban J connectivity index is 2.24. The van der Waals surface area contributed by atoms with Crippen molar-refractivity contribution in [3.05, 3.63) is 30.2 Å². The van der Waals surface area contributed by atoms with Gasteiger partial charge in [-0.3, -0.25) is 0 Å². The van der Waals surface area contributed by atoms with Crippen molar-refractivity contribution >= 4 is 0 Å². The van der Waals surface area contributed by atoms with Crippen LogP contribution < -0.4 is 5.73 Å². The number of hydrogen-bond acceptors (Lipinski definition) is 3. The molecule has 2 aromatic heterocycles. The van der Waals surface area contributed by atoms with E-state index in [1.165, 1.54) is 0 Å². The summed E-state index contributed by atoms with van der Waals surface area (Å²) in [6, 6.07) is 3.93. The number of nitrogens with two attached hydrogens (primary N) is 1. The lowest BCUT2D eigenvalue weighted by Crippen LogP contribution is -2.02.